The molecule has 1 saturated heterocycles. The molecule has 3 atom stereocenters. The Balaban J connectivity index is 0.00000261. The van der Waals surface area contributed by atoms with E-state index in [2.05, 4.69) is 5.32 Å². The minimum Gasteiger partial charge on any atom is -0.330 e. The average Bonchev–Trinajstić information content (AvgIpc) is 3.13. The number of rotatable bonds is 4. The van der Waals surface area contributed by atoms with Gasteiger partial charge in [-0.25, -0.2) is 0 Å². The number of nitrogens with one attached hydrogen (secondary N) is 1. The Morgan fingerprint density at radius 3 is 2.67 bits per heavy atom. The summed E-state index contributed by atoms with van der Waals surface area (Å²) >= 11 is 12.1. The summed E-state index contributed by atoms with van der Waals surface area (Å²) in [6.07, 6.45) is 5.40. The molecule has 1 unspecified atom stereocenters. The van der Waals surface area contributed by atoms with E-state index < -0.39 is 6.04 Å². The molecule has 1 aromatic rings. The Labute approximate surface area is 176 Å². The number of benzene rings is 1. The van der Waals surface area contributed by atoms with Crippen LogP contribution in [0.5, 0.6) is 0 Å². The van der Waals surface area contributed by atoms with Gasteiger partial charge in [-0.1, -0.05) is 29.6 Å². The van der Waals surface area contributed by atoms with Crippen LogP contribution in [-0.4, -0.2) is 35.8 Å². The molecule has 2 fully saturated rings. The van der Waals surface area contributed by atoms with E-state index in [1.165, 1.54) is 0 Å². The van der Waals surface area contributed by atoms with Crippen molar-refractivity contribution in [3.63, 3.8) is 0 Å². The van der Waals surface area contributed by atoms with Gasteiger partial charge < -0.3 is 16.0 Å². The number of nitrogens with two attached hydrogens (primary N) is 1. The summed E-state index contributed by atoms with van der Waals surface area (Å²) in [5.41, 5.74) is 6.32. The van der Waals surface area contributed by atoms with Gasteiger partial charge in [0.2, 0.25) is 11.8 Å². The number of hydrogen-bond acceptors (Lipinski definition) is 3. The molecular formula is C19H26Cl3N3O2. The summed E-state index contributed by atoms with van der Waals surface area (Å²) in [7, 11) is 0. The topological polar surface area (TPSA) is 75.4 Å². The van der Waals surface area contributed by atoms with Crippen molar-refractivity contribution in [1.82, 2.24) is 4.90 Å². The maximum Gasteiger partial charge on any atom is 0.247 e. The Kier molecular flexibility index (Phi) is 8.22. The third kappa shape index (κ3) is 5.08. The van der Waals surface area contributed by atoms with Crippen molar-refractivity contribution >= 4 is 53.1 Å². The minimum absolute atomic E-state index is 0. The number of halogens is 3. The van der Waals surface area contributed by atoms with Crippen LogP contribution in [0, 0.1) is 11.8 Å². The van der Waals surface area contributed by atoms with Crippen LogP contribution in [0.3, 0.4) is 0 Å². The van der Waals surface area contributed by atoms with Crippen molar-refractivity contribution in [3.05, 3.63) is 28.2 Å². The zero-order valence-electron chi connectivity index (χ0n) is 15.1. The monoisotopic (exact) mass is 433 g/mol. The lowest BCUT2D eigenvalue weighted by Crippen LogP contribution is -2.52. The van der Waals surface area contributed by atoms with Gasteiger partial charge in [0.05, 0.1) is 10.7 Å². The Hall–Kier alpha value is -1.01. The largest absolute Gasteiger partial charge is 0.330 e. The first kappa shape index (κ1) is 22.3. The third-order valence-corrected chi connectivity index (χ3v) is 6.12. The van der Waals surface area contributed by atoms with Crippen LogP contribution < -0.4 is 11.1 Å². The number of carbonyl (C=O) groups is 2. The summed E-state index contributed by atoms with van der Waals surface area (Å²) in [5.74, 6) is 0.0539. The van der Waals surface area contributed by atoms with Gasteiger partial charge in [-0.05, 0) is 62.8 Å². The van der Waals surface area contributed by atoms with E-state index in [4.69, 9.17) is 28.9 Å². The highest BCUT2D eigenvalue weighted by Crippen LogP contribution is 2.34. The molecule has 0 radical (unpaired) electrons. The smallest absolute Gasteiger partial charge is 0.247 e. The van der Waals surface area contributed by atoms with Gasteiger partial charge in [0, 0.05) is 17.5 Å². The number of likely N-dealkylation sites (tertiary alicyclic amines) is 1. The molecule has 27 heavy (non-hydrogen) atoms. The number of carbonyl (C=O) groups excluding carboxylic acids is 2. The minimum atomic E-state index is -0.467. The first-order chi connectivity index (χ1) is 12.5. The zero-order chi connectivity index (χ0) is 18.7. The van der Waals surface area contributed by atoms with Gasteiger partial charge >= 0.3 is 0 Å². The zero-order valence-corrected chi connectivity index (χ0v) is 17.5. The first-order valence-electron chi connectivity index (χ1n) is 9.27. The highest BCUT2D eigenvalue weighted by atomic mass is 35.5. The number of nitrogens with zero attached hydrogens (tertiary/aromatic N) is 1. The van der Waals surface area contributed by atoms with Crippen molar-refractivity contribution in [2.24, 2.45) is 17.6 Å². The van der Waals surface area contributed by atoms with Crippen LogP contribution in [0.25, 0.3) is 0 Å². The molecule has 1 aromatic carbocycles. The number of piperidine rings is 1. The van der Waals surface area contributed by atoms with Gasteiger partial charge in [0.25, 0.3) is 0 Å². The molecule has 1 saturated carbocycles. The van der Waals surface area contributed by atoms with E-state index in [1.54, 1.807) is 23.1 Å². The molecule has 0 spiro atoms. The first-order valence-corrected chi connectivity index (χ1v) is 10.0. The van der Waals surface area contributed by atoms with E-state index in [1.807, 2.05) is 0 Å². The third-order valence-electron chi connectivity index (χ3n) is 5.55. The lowest BCUT2D eigenvalue weighted by atomic mass is 9.92. The van der Waals surface area contributed by atoms with Crippen molar-refractivity contribution in [2.75, 3.05) is 18.4 Å². The van der Waals surface area contributed by atoms with Crippen molar-refractivity contribution < 1.29 is 9.59 Å². The van der Waals surface area contributed by atoms with E-state index in [9.17, 15) is 9.59 Å². The highest BCUT2D eigenvalue weighted by molar-refractivity contribution is 6.35. The highest BCUT2D eigenvalue weighted by Gasteiger charge is 2.39. The van der Waals surface area contributed by atoms with Gasteiger partial charge in [0.1, 0.15) is 6.04 Å². The predicted octanol–water partition coefficient (Wildman–Crippen LogP) is 4.11. The Morgan fingerprint density at radius 2 is 1.93 bits per heavy atom. The SMILES string of the molecule is Cl.NC[C@H]1CCC[C@H]1C(=O)N1CCCCC1C(=O)Nc1cc(Cl)ccc1Cl. The van der Waals surface area contributed by atoms with Crippen LogP contribution in [0.15, 0.2) is 18.2 Å². The van der Waals surface area contributed by atoms with Crippen LogP contribution in [-0.2, 0) is 9.59 Å². The lowest BCUT2D eigenvalue weighted by Gasteiger charge is -2.37. The van der Waals surface area contributed by atoms with E-state index >= 15 is 0 Å². The fraction of sp³-hybridized carbons (Fsp3) is 0.579. The summed E-state index contributed by atoms with van der Waals surface area (Å²) in [6.45, 7) is 1.15. The van der Waals surface area contributed by atoms with Gasteiger partial charge in [0.15, 0.2) is 0 Å². The molecule has 3 rings (SSSR count). The summed E-state index contributed by atoms with van der Waals surface area (Å²) in [6, 6.07) is 4.47. The second kappa shape index (κ2) is 9.97. The molecule has 0 bridgehead atoms. The van der Waals surface area contributed by atoms with Crippen molar-refractivity contribution in [2.45, 2.75) is 44.6 Å². The quantitative estimate of drug-likeness (QED) is 0.749. The Morgan fingerprint density at radius 1 is 1.15 bits per heavy atom. The van der Waals surface area contributed by atoms with Crippen LogP contribution in [0.2, 0.25) is 10.0 Å². The maximum atomic E-state index is 13.1. The number of amides is 2. The molecule has 150 valence electrons. The van der Waals surface area contributed by atoms with E-state index in [-0.39, 0.29) is 36.1 Å². The molecule has 5 nitrogen and oxygen atoms in total. The number of hydrogen-bond donors (Lipinski definition) is 2. The fourth-order valence-corrected chi connectivity index (χ4v) is 4.47. The Bertz CT molecular complexity index is 686. The van der Waals surface area contributed by atoms with Crippen LogP contribution >= 0.6 is 35.6 Å². The standard InChI is InChI=1S/C19H25Cl2N3O2.ClH/c20-13-7-8-15(21)16(10-13)23-18(25)17-6-1-2-9-24(17)19(26)14-5-3-4-12(14)11-22;/h7-8,10,12,14,17H,1-6,9,11,22H2,(H,23,25);1H/t12-,14-,17?;/m1./s1. The van der Waals surface area contributed by atoms with Gasteiger partial charge in [-0.3, -0.25) is 9.59 Å². The van der Waals surface area contributed by atoms with E-state index in [0.29, 0.717) is 35.2 Å². The maximum absolute atomic E-state index is 13.1. The summed E-state index contributed by atoms with van der Waals surface area (Å²) in [4.78, 5) is 27.7. The number of anilines is 1. The van der Waals surface area contributed by atoms with Gasteiger partial charge in [-0.2, -0.15) is 0 Å². The summed E-state index contributed by atoms with van der Waals surface area (Å²) < 4.78 is 0. The lowest BCUT2D eigenvalue weighted by molar-refractivity contribution is -0.144. The second-order valence-electron chi connectivity index (χ2n) is 7.19. The summed E-state index contributed by atoms with van der Waals surface area (Å²) in [5, 5.41) is 3.77. The van der Waals surface area contributed by atoms with E-state index in [0.717, 1.165) is 32.1 Å². The average molecular weight is 435 g/mol. The molecule has 8 heteroatoms. The van der Waals surface area contributed by atoms with Crippen LogP contribution in [0.1, 0.15) is 38.5 Å². The molecule has 3 N–H and O–H groups in total. The van der Waals surface area contributed by atoms with Gasteiger partial charge in [-0.15, -0.1) is 12.4 Å². The molecule has 2 amide bonds. The van der Waals surface area contributed by atoms with Crippen LogP contribution in [0.4, 0.5) is 5.69 Å². The molecule has 1 heterocycles. The normalized spacial score (nSPS) is 25.0. The fourth-order valence-electron chi connectivity index (χ4n) is 4.13. The second-order valence-corrected chi connectivity index (χ2v) is 8.03. The van der Waals surface area contributed by atoms with Crippen molar-refractivity contribution in [1.29, 1.82) is 0 Å². The molecule has 2 aliphatic rings. The molecule has 1 aliphatic carbocycles. The van der Waals surface area contributed by atoms with Crippen molar-refractivity contribution in [3.8, 4) is 0 Å². The molecule has 1 aliphatic heterocycles. The predicted molar refractivity (Wildman–Crippen MR) is 112 cm³/mol. The molecular weight excluding hydrogens is 409 g/mol. The molecule has 0 aromatic heterocycles.